The number of hydrogen-bond acceptors (Lipinski definition) is 4. The minimum atomic E-state index is -0.498. The van der Waals surface area contributed by atoms with Crippen molar-refractivity contribution >= 4 is 11.8 Å². The van der Waals surface area contributed by atoms with Gasteiger partial charge in [0, 0.05) is 25.5 Å². The molecule has 3 aromatic rings. The summed E-state index contributed by atoms with van der Waals surface area (Å²) in [5.41, 5.74) is 3.05. The average molecular weight is 430 g/mol. The number of rotatable bonds is 7. The third-order valence-corrected chi connectivity index (χ3v) is 5.61. The zero-order chi connectivity index (χ0) is 22.2. The average Bonchev–Trinajstić information content (AvgIpc) is 3.07. The summed E-state index contributed by atoms with van der Waals surface area (Å²) in [5.74, 6) is 0.335. The van der Waals surface area contributed by atoms with Crippen LogP contribution in [-0.2, 0) is 16.1 Å². The standard InChI is InChI=1S/C26H27N3O3/c30-25(19-32-23-8-2-1-3-9-23)29(24-10-4-5-16-28-26(24)31)18-20-11-13-21(14-12-20)22-7-6-15-27-17-22/h1-3,6-9,11-15,17,24H,4-5,10,16,18-19H2,(H,28,31)/t24-/m0/s1. The molecule has 6 heteroatoms. The number of pyridine rings is 1. The first-order valence-electron chi connectivity index (χ1n) is 10.9. The van der Waals surface area contributed by atoms with Crippen LogP contribution in [0.15, 0.2) is 79.1 Å². The van der Waals surface area contributed by atoms with Gasteiger partial charge in [0.2, 0.25) is 5.91 Å². The van der Waals surface area contributed by atoms with Crippen LogP contribution in [0.2, 0.25) is 0 Å². The van der Waals surface area contributed by atoms with Gasteiger partial charge < -0.3 is 15.0 Å². The normalized spacial score (nSPS) is 16.0. The maximum absolute atomic E-state index is 13.2. The van der Waals surface area contributed by atoms with Crippen LogP contribution in [0.5, 0.6) is 5.75 Å². The van der Waals surface area contributed by atoms with Crippen molar-refractivity contribution in [1.82, 2.24) is 15.2 Å². The number of benzene rings is 2. The van der Waals surface area contributed by atoms with Crippen molar-refractivity contribution in [3.8, 4) is 16.9 Å². The first kappa shape index (κ1) is 21.6. The van der Waals surface area contributed by atoms with E-state index in [0.29, 0.717) is 25.3 Å². The summed E-state index contributed by atoms with van der Waals surface area (Å²) in [4.78, 5) is 31.7. The second kappa shape index (κ2) is 10.6. The molecular weight excluding hydrogens is 402 g/mol. The number of para-hydroxylation sites is 1. The largest absolute Gasteiger partial charge is 0.484 e. The summed E-state index contributed by atoms with van der Waals surface area (Å²) >= 11 is 0. The van der Waals surface area contributed by atoms with Gasteiger partial charge in [0.1, 0.15) is 11.8 Å². The van der Waals surface area contributed by atoms with Gasteiger partial charge >= 0.3 is 0 Å². The first-order chi connectivity index (χ1) is 15.7. The molecule has 2 heterocycles. The van der Waals surface area contributed by atoms with Crippen molar-refractivity contribution in [3.05, 3.63) is 84.7 Å². The van der Waals surface area contributed by atoms with Crippen LogP contribution in [0, 0.1) is 0 Å². The Kier molecular flexibility index (Phi) is 7.12. The predicted molar refractivity (Wildman–Crippen MR) is 123 cm³/mol. The molecule has 32 heavy (non-hydrogen) atoms. The second-order valence-corrected chi connectivity index (χ2v) is 7.86. The van der Waals surface area contributed by atoms with E-state index in [4.69, 9.17) is 4.74 Å². The van der Waals surface area contributed by atoms with Crippen LogP contribution in [0.25, 0.3) is 11.1 Å². The number of carbonyl (C=O) groups is 2. The number of hydrogen-bond donors (Lipinski definition) is 1. The monoisotopic (exact) mass is 429 g/mol. The van der Waals surface area contributed by atoms with Gasteiger partial charge in [-0.15, -0.1) is 0 Å². The van der Waals surface area contributed by atoms with Gasteiger partial charge in [0.15, 0.2) is 6.61 Å². The highest BCUT2D eigenvalue weighted by Gasteiger charge is 2.31. The molecule has 164 valence electrons. The molecule has 1 atom stereocenters. The minimum Gasteiger partial charge on any atom is -0.484 e. The fourth-order valence-electron chi connectivity index (χ4n) is 3.87. The number of nitrogens with zero attached hydrogens (tertiary/aromatic N) is 2. The van der Waals surface area contributed by atoms with E-state index in [1.165, 1.54) is 0 Å². The van der Waals surface area contributed by atoms with E-state index >= 15 is 0 Å². The van der Waals surface area contributed by atoms with Crippen molar-refractivity contribution in [3.63, 3.8) is 0 Å². The quantitative estimate of drug-likeness (QED) is 0.620. The summed E-state index contributed by atoms with van der Waals surface area (Å²) in [6.45, 7) is 0.891. The predicted octanol–water partition coefficient (Wildman–Crippen LogP) is 3.82. The van der Waals surface area contributed by atoms with Crippen LogP contribution in [-0.4, -0.2) is 40.9 Å². The van der Waals surface area contributed by atoms with E-state index in [9.17, 15) is 9.59 Å². The highest BCUT2D eigenvalue weighted by atomic mass is 16.5. The number of aromatic nitrogens is 1. The van der Waals surface area contributed by atoms with Gasteiger partial charge in [-0.1, -0.05) is 48.5 Å². The number of carbonyl (C=O) groups excluding carboxylic acids is 2. The lowest BCUT2D eigenvalue weighted by Gasteiger charge is -2.30. The van der Waals surface area contributed by atoms with Gasteiger partial charge in [0.05, 0.1) is 0 Å². The number of ether oxygens (including phenoxy) is 1. The summed E-state index contributed by atoms with van der Waals surface area (Å²) in [6.07, 6.45) is 6.03. The van der Waals surface area contributed by atoms with Crippen LogP contribution in [0.4, 0.5) is 0 Å². The maximum Gasteiger partial charge on any atom is 0.261 e. The van der Waals surface area contributed by atoms with Crippen molar-refractivity contribution in [2.75, 3.05) is 13.2 Å². The van der Waals surface area contributed by atoms with E-state index in [1.54, 1.807) is 11.1 Å². The molecule has 2 aromatic carbocycles. The molecule has 0 saturated carbocycles. The lowest BCUT2D eigenvalue weighted by molar-refractivity contribution is -0.142. The lowest BCUT2D eigenvalue weighted by atomic mass is 10.0. The molecule has 1 aliphatic rings. The Labute approximate surface area is 188 Å². The zero-order valence-electron chi connectivity index (χ0n) is 17.9. The Morgan fingerprint density at radius 1 is 1.00 bits per heavy atom. The van der Waals surface area contributed by atoms with Crippen LogP contribution in [0.1, 0.15) is 24.8 Å². The summed E-state index contributed by atoms with van der Waals surface area (Å²) in [7, 11) is 0. The van der Waals surface area contributed by atoms with Gasteiger partial charge in [-0.25, -0.2) is 0 Å². The molecule has 0 spiro atoms. The van der Waals surface area contributed by atoms with Crippen LogP contribution < -0.4 is 10.1 Å². The van der Waals surface area contributed by atoms with Gasteiger partial charge in [-0.05, 0) is 54.2 Å². The highest BCUT2D eigenvalue weighted by molar-refractivity contribution is 5.88. The maximum atomic E-state index is 13.2. The molecule has 0 unspecified atom stereocenters. The highest BCUT2D eigenvalue weighted by Crippen LogP contribution is 2.21. The molecule has 1 saturated heterocycles. The number of amides is 2. The number of nitrogens with one attached hydrogen (secondary N) is 1. The van der Waals surface area contributed by atoms with E-state index in [2.05, 4.69) is 10.3 Å². The summed E-state index contributed by atoms with van der Waals surface area (Å²) in [5, 5.41) is 2.94. The van der Waals surface area contributed by atoms with Crippen LogP contribution >= 0.6 is 0 Å². The Morgan fingerprint density at radius 3 is 2.56 bits per heavy atom. The molecule has 1 fully saturated rings. The van der Waals surface area contributed by atoms with Gasteiger partial charge in [-0.2, -0.15) is 0 Å². The van der Waals surface area contributed by atoms with E-state index in [1.807, 2.05) is 72.9 Å². The molecule has 4 rings (SSSR count). The topological polar surface area (TPSA) is 71.5 Å². The summed E-state index contributed by atoms with van der Waals surface area (Å²) < 4.78 is 5.69. The Balaban J connectivity index is 1.51. The first-order valence-corrected chi connectivity index (χ1v) is 10.9. The fourth-order valence-corrected chi connectivity index (χ4v) is 3.87. The summed E-state index contributed by atoms with van der Waals surface area (Å²) in [6, 6.07) is 20.7. The van der Waals surface area contributed by atoms with E-state index in [0.717, 1.165) is 29.5 Å². The Morgan fingerprint density at radius 2 is 1.81 bits per heavy atom. The van der Waals surface area contributed by atoms with E-state index < -0.39 is 6.04 Å². The third kappa shape index (κ3) is 5.52. The molecular formula is C26H27N3O3. The zero-order valence-corrected chi connectivity index (χ0v) is 17.9. The Hall–Kier alpha value is -3.67. The van der Waals surface area contributed by atoms with E-state index in [-0.39, 0.29) is 18.4 Å². The minimum absolute atomic E-state index is 0.0949. The van der Waals surface area contributed by atoms with Crippen molar-refractivity contribution in [2.24, 2.45) is 0 Å². The molecule has 0 aliphatic carbocycles. The molecule has 1 aliphatic heterocycles. The van der Waals surface area contributed by atoms with Gasteiger partial charge in [-0.3, -0.25) is 14.6 Å². The molecule has 1 aromatic heterocycles. The molecule has 0 radical (unpaired) electrons. The van der Waals surface area contributed by atoms with Crippen LogP contribution in [0.3, 0.4) is 0 Å². The lowest BCUT2D eigenvalue weighted by Crippen LogP contribution is -2.49. The van der Waals surface area contributed by atoms with Crippen molar-refractivity contribution in [2.45, 2.75) is 31.8 Å². The Bertz CT molecular complexity index is 1020. The molecule has 2 amide bonds. The van der Waals surface area contributed by atoms with Gasteiger partial charge in [0.25, 0.3) is 5.91 Å². The van der Waals surface area contributed by atoms with Crippen molar-refractivity contribution in [1.29, 1.82) is 0 Å². The van der Waals surface area contributed by atoms with Crippen molar-refractivity contribution < 1.29 is 14.3 Å². The molecule has 1 N–H and O–H groups in total. The molecule has 0 bridgehead atoms. The third-order valence-electron chi connectivity index (χ3n) is 5.61. The smallest absolute Gasteiger partial charge is 0.261 e. The second-order valence-electron chi connectivity index (χ2n) is 7.86. The SMILES string of the molecule is O=C1NCCCC[C@@H]1N(Cc1ccc(-c2cccnc2)cc1)C(=O)COc1ccccc1. The fraction of sp³-hybridized carbons (Fsp3) is 0.269. The molecule has 6 nitrogen and oxygen atoms in total.